The molecule has 0 aromatic carbocycles. The molecule has 0 radical (unpaired) electrons. The molecule has 0 rings (SSSR count). The molecular formula is C3O9Os2-6. The van der Waals surface area contributed by atoms with Crippen molar-refractivity contribution < 1.29 is 84.6 Å². The maximum Gasteiger partial charge on any atom is 0 e. The zero-order valence-corrected chi connectivity index (χ0v) is 11.0. The predicted octanol–water partition coefficient (Wildman–Crippen LogP) is -7.35. The number of rotatable bonds is 0. The van der Waals surface area contributed by atoms with Crippen LogP contribution in [-0.2, 0) is 39.6 Å². The Morgan fingerprint density at radius 3 is 0.500 bits per heavy atom. The maximum absolute atomic E-state index is 8.33. The van der Waals surface area contributed by atoms with Crippen molar-refractivity contribution in [3.05, 3.63) is 0 Å². The fourth-order valence-electron chi connectivity index (χ4n) is 0. The first-order chi connectivity index (χ1) is 5.20. The van der Waals surface area contributed by atoms with Crippen LogP contribution in [-0.4, -0.2) is 18.5 Å². The van der Waals surface area contributed by atoms with Gasteiger partial charge in [-0.2, -0.15) is 0 Å². The van der Waals surface area contributed by atoms with Gasteiger partial charge in [-0.1, -0.05) is 0 Å². The van der Waals surface area contributed by atoms with Gasteiger partial charge in [0.2, 0.25) is 0 Å². The zero-order valence-electron chi connectivity index (χ0n) is 5.88. The average molecular weight is 560 g/mol. The fraction of sp³-hybridized carbons (Fsp3) is 0. The summed E-state index contributed by atoms with van der Waals surface area (Å²) in [7, 11) is 0. The molecule has 0 saturated carbocycles. The predicted molar refractivity (Wildman–Crippen MR) is 16.2 cm³/mol. The zero-order chi connectivity index (χ0) is 10.7. The summed E-state index contributed by atoms with van der Waals surface area (Å²) in [5, 5.41) is 50.0. The Hall–Kier alpha value is -0.917. The van der Waals surface area contributed by atoms with E-state index in [1.165, 1.54) is 0 Å². The first kappa shape index (κ1) is 29.2. The third-order valence-electron chi connectivity index (χ3n) is 0. The molecule has 0 unspecified atom stereocenters. The number of carbonyl (C=O) groups is 3. The van der Waals surface area contributed by atoms with E-state index in [2.05, 4.69) is 0 Å². The molecular weight excluding hydrogens is 560 g/mol. The van der Waals surface area contributed by atoms with Gasteiger partial charge < -0.3 is 45.0 Å². The summed E-state index contributed by atoms with van der Waals surface area (Å²) in [6.45, 7) is 0. The average Bonchev–Trinajstić information content (AvgIpc) is 1.54. The van der Waals surface area contributed by atoms with Crippen LogP contribution in [0.1, 0.15) is 0 Å². The van der Waals surface area contributed by atoms with E-state index in [0.29, 0.717) is 0 Å². The van der Waals surface area contributed by atoms with Gasteiger partial charge in [0.1, 0.15) is 0 Å². The fourth-order valence-corrected chi connectivity index (χ4v) is 0. The van der Waals surface area contributed by atoms with Crippen LogP contribution in [0.2, 0.25) is 0 Å². The quantitative estimate of drug-likeness (QED) is 0.277. The molecule has 0 bridgehead atoms. The smallest absolute Gasteiger partial charge is 0 e. The second-order valence-electron chi connectivity index (χ2n) is 0.750. The van der Waals surface area contributed by atoms with Crippen LogP contribution in [0.25, 0.3) is 0 Å². The van der Waals surface area contributed by atoms with E-state index in [0.717, 1.165) is 0 Å². The molecule has 0 amide bonds. The largest absolute Gasteiger partial charge is 0.652 e. The molecule has 0 saturated heterocycles. The molecule has 0 aliphatic carbocycles. The minimum atomic E-state index is -2.33. The molecule has 0 heterocycles. The molecule has 0 atom stereocenters. The Balaban J connectivity index is -0.0000000270. The topological polar surface area (TPSA) is 190 Å². The SMILES string of the molecule is O=C([O-])[O-].O=C([O-])[O-].O=C([O-])[O-].[Os].[Os]. The molecule has 0 aliphatic rings. The molecule has 0 spiro atoms. The summed E-state index contributed by atoms with van der Waals surface area (Å²) in [4.78, 5) is 25.0. The normalized spacial score (nSPS) is 5.14. The van der Waals surface area contributed by atoms with Crippen molar-refractivity contribution >= 4 is 18.5 Å². The van der Waals surface area contributed by atoms with Crippen LogP contribution in [0.15, 0.2) is 0 Å². The number of hydrogen-bond acceptors (Lipinski definition) is 9. The van der Waals surface area contributed by atoms with Crippen molar-refractivity contribution in [2.24, 2.45) is 0 Å². The molecule has 11 heteroatoms. The molecule has 0 aliphatic heterocycles. The van der Waals surface area contributed by atoms with Crippen LogP contribution in [0.4, 0.5) is 14.4 Å². The first-order valence-electron chi connectivity index (χ1n) is 1.84. The number of hydrogen-bond donors (Lipinski definition) is 0. The summed E-state index contributed by atoms with van der Waals surface area (Å²) in [6, 6.07) is 0. The molecule has 0 aromatic rings. The second kappa shape index (κ2) is 22.7. The van der Waals surface area contributed by atoms with E-state index in [1.54, 1.807) is 0 Å². The monoisotopic (exact) mass is 564 g/mol. The van der Waals surface area contributed by atoms with E-state index in [4.69, 9.17) is 45.0 Å². The van der Waals surface area contributed by atoms with E-state index in [-0.39, 0.29) is 39.6 Å². The van der Waals surface area contributed by atoms with Crippen molar-refractivity contribution in [2.75, 3.05) is 0 Å². The maximum atomic E-state index is 8.33. The second-order valence-corrected chi connectivity index (χ2v) is 0.750. The van der Waals surface area contributed by atoms with E-state index in [9.17, 15) is 0 Å². The Morgan fingerprint density at radius 2 is 0.500 bits per heavy atom. The minimum absolute atomic E-state index is 0. The summed E-state index contributed by atoms with van der Waals surface area (Å²) < 4.78 is 0. The van der Waals surface area contributed by atoms with Gasteiger partial charge in [0.25, 0.3) is 0 Å². The Labute approximate surface area is 103 Å². The van der Waals surface area contributed by atoms with Crippen molar-refractivity contribution in [2.45, 2.75) is 0 Å². The molecule has 0 N–H and O–H groups in total. The van der Waals surface area contributed by atoms with E-state index < -0.39 is 18.5 Å². The Bertz CT molecular complexity index is 116. The van der Waals surface area contributed by atoms with Gasteiger partial charge in [0, 0.05) is 39.6 Å². The van der Waals surface area contributed by atoms with Crippen LogP contribution in [0.3, 0.4) is 0 Å². The first-order valence-corrected chi connectivity index (χ1v) is 1.84. The molecule has 88 valence electrons. The molecule has 0 fully saturated rings. The van der Waals surface area contributed by atoms with E-state index in [1.807, 2.05) is 0 Å². The van der Waals surface area contributed by atoms with Gasteiger partial charge in [0.15, 0.2) is 0 Å². The minimum Gasteiger partial charge on any atom is -0.652 e. The third-order valence-corrected chi connectivity index (χ3v) is 0. The van der Waals surface area contributed by atoms with Gasteiger partial charge in [-0.05, 0) is 18.5 Å². The van der Waals surface area contributed by atoms with Gasteiger partial charge in [0.05, 0.1) is 0 Å². The van der Waals surface area contributed by atoms with Crippen molar-refractivity contribution in [3.63, 3.8) is 0 Å². The number of carbonyl (C=O) groups excluding carboxylic acids is 3. The van der Waals surface area contributed by atoms with E-state index >= 15 is 0 Å². The molecule has 14 heavy (non-hydrogen) atoms. The van der Waals surface area contributed by atoms with Gasteiger partial charge >= 0.3 is 0 Å². The van der Waals surface area contributed by atoms with Crippen molar-refractivity contribution in [1.29, 1.82) is 0 Å². The van der Waals surface area contributed by atoms with Crippen molar-refractivity contribution in [3.8, 4) is 0 Å². The summed E-state index contributed by atoms with van der Waals surface area (Å²) >= 11 is 0. The third kappa shape index (κ3) is 1340. The van der Waals surface area contributed by atoms with Crippen LogP contribution >= 0.6 is 0 Å². The summed E-state index contributed by atoms with van der Waals surface area (Å²) in [6.07, 6.45) is -7.00. The standard InChI is InChI=1S/3CH2O3.2Os/c3*2-1(3)4;;/h3*(H2,2,3,4);;/p-6. The van der Waals surface area contributed by atoms with Crippen LogP contribution in [0, 0.1) is 0 Å². The van der Waals surface area contributed by atoms with Crippen LogP contribution < -0.4 is 30.6 Å². The number of carboxylic acid groups (broad SMARTS) is 6. The van der Waals surface area contributed by atoms with Gasteiger partial charge in [-0.3, -0.25) is 0 Å². The van der Waals surface area contributed by atoms with Gasteiger partial charge in [-0.25, -0.2) is 0 Å². The summed E-state index contributed by atoms with van der Waals surface area (Å²) in [5.74, 6) is 0. The van der Waals surface area contributed by atoms with Gasteiger partial charge in [-0.15, -0.1) is 0 Å². The molecule has 0 aromatic heterocycles. The van der Waals surface area contributed by atoms with Crippen molar-refractivity contribution in [1.82, 2.24) is 0 Å². The summed E-state index contributed by atoms with van der Waals surface area (Å²) in [5.41, 5.74) is 0. The molecule has 9 nitrogen and oxygen atoms in total. The van der Waals surface area contributed by atoms with Crippen LogP contribution in [0.5, 0.6) is 0 Å². The Kier molecular flexibility index (Phi) is 47.4. The Morgan fingerprint density at radius 1 is 0.500 bits per heavy atom.